The molecule has 1 aromatic carbocycles. The molecule has 2 nitrogen and oxygen atoms in total. The number of hydrogen-bond acceptors (Lipinski definition) is 1. The minimum atomic E-state index is -0.597. The SMILES string of the molecule is CN(Cc1ccc(F)cc1F)C(=O)CCC1CCCC1. The van der Waals surface area contributed by atoms with Crippen LogP contribution in [0.25, 0.3) is 0 Å². The summed E-state index contributed by atoms with van der Waals surface area (Å²) in [6.45, 7) is 0.190. The molecule has 0 aromatic heterocycles. The molecule has 0 atom stereocenters. The molecule has 1 aromatic rings. The van der Waals surface area contributed by atoms with Gasteiger partial charge >= 0.3 is 0 Å². The highest BCUT2D eigenvalue weighted by Crippen LogP contribution is 2.28. The van der Waals surface area contributed by atoms with E-state index in [1.54, 1.807) is 7.05 Å². The molecule has 2 rings (SSSR count). The van der Waals surface area contributed by atoms with Crippen molar-refractivity contribution in [1.82, 2.24) is 4.90 Å². The quantitative estimate of drug-likeness (QED) is 0.801. The van der Waals surface area contributed by atoms with Crippen LogP contribution in [-0.2, 0) is 11.3 Å². The Morgan fingerprint density at radius 1 is 1.30 bits per heavy atom. The molecule has 1 fully saturated rings. The molecule has 0 bridgehead atoms. The van der Waals surface area contributed by atoms with E-state index in [1.807, 2.05) is 0 Å². The molecule has 0 N–H and O–H groups in total. The number of hydrogen-bond donors (Lipinski definition) is 0. The van der Waals surface area contributed by atoms with Crippen LogP contribution in [-0.4, -0.2) is 17.9 Å². The number of amides is 1. The van der Waals surface area contributed by atoms with E-state index in [2.05, 4.69) is 0 Å². The van der Waals surface area contributed by atoms with Crippen molar-refractivity contribution >= 4 is 5.91 Å². The molecule has 1 aliphatic carbocycles. The summed E-state index contributed by atoms with van der Waals surface area (Å²) in [5.41, 5.74) is 0.350. The molecule has 1 saturated carbocycles. The van der Waals surface area contributed by atoms with Crippen molar-refractivity contribution in [3.63, 3.8) is 0 Å². The van der Waals surface area contributed by atoms with Crippen LogP contribution in [0.3, 0.4) is 0 Å². The van der Waals surface area contributed by atoms with E-state index in [4.69, 9.17) is 0 Å². The van der Waals surface area contributed by atoms with Gasteiger partial charge in [0.25, 0.3) is 0 Å². The molecule has 1 aliphatic rings. The predicted molar refractivity (Wildman–Crippen MR) is 74.0 cm³/mol. The number of benzene rings is 1. The van der Waals surface area contributed by atoms with Crippen molar-refractivity contribution in [2.45, 2.75) is 45.1 Å². The van der Waals surface area contributed by atoms with E-state index < -0.39 is 11.6 Å². The molecule has 0 aliphatic heterocycles. The normalized spacial score (nSPS) is 15.6. The number of carbonyl (C=O) groups is 1. The maximum Gasteiger partial charge on any atom is 0.222 e. The highest BCUT2D eigenvalue weighted by Gasteiger charge is 2.18. The van der Waals surface area contributed by atoms with Crippen molar-refractivity contribution < 1.29 is 13.6 Å². The number of rotatable bonds is 5. The fraction of sp³-hybridized carbons (Fsp3) is 0.562. The molecule has 110 valence electrons. The lowest BCUT2D eigenvalue weighted by atomic mass is 10.0. The molecule has 0 spiro atoms. The van der Waals surface area contributed by atoms with Crippen LogP contribution < -0.4 is 0 Å². The first-order valence-corrected chi connectivity index (χ1v) is 7.24. The Kier molecular flexibility index (Phi) is 5.10. The van der Waals surface area contributed by atoms with E-state index in [0.29, 0.717) is 17.9 Å². The van der Waals surface area contributed by atoms with Crippen molar-refractivity contribution in [1.29, 1.82) is 0 Å². The maximum absolute atomic E-state index is 13.5. The third-order valence-electron chi connectivity index (χ3n) is 4.09. The Bertz CT molecular complexity index is 470. The Morgan fingerprint density at radius 2 is 2.00 bits per heavy atom. The molecular formula is C16H21F2NO. The van der Waals surface area contributed by atoms with Gasteiger partial charge < -0.3 is 4.90 Å². The zero-order chi connectivity index (χ0) is 14.5. The summed E-state index contributed by atoms with van der Waals surface area (Å²) in [4.78, 5) is 13.5. The molecule has 4 heteroatoms. The first-order chi connectivity index (χ1) is 9.56. The van der Waals surface area contributed by atoms with Gasteiger partial charge in [-0.15, -0.1) is 0 Å². The van der Waals surface area contributed by atoms with E-state index >= 15 is 0 Å². The largest absolute Gasteiger partial charge is 0.341 e. The van der Waals surface area contributed by atoms with Gasteiger partial charge in [-0.3, -0.25) is 4.79 Å². The fourth-order valence-corrected chi connectivity index (χ4v) is 2.81. The zero-order valence-electron chi connectivity index (χ0n) is 11.9. The third-order valence-corrected chi connectivity index (χ3v) is 4.09. The van der Waals surface area contributed by atoms with Gasteiger partial charge in [0.1, 0.15) is 11.6 Å². The zero-order valence-corrected chi connectivity index (χ0v) is 11.9. The Labute approximate surface area is 118 Å². The molecule has 0 heterocycles. The molecule has 20 heavy (non-hydrogen) atoms. The van der Waals surface area contributed by atoms with Gasteiger partial charge in [-0.05, 0) is 18.4 Å². The van der Waals surface area contributed by atoms with Gasteiger partial charge in [0.05, 0.1) is 0 Å². The molecule has 0 radical (unpaired) electrons. The summed E-state index contributed by atoms with van der Waals surface area (Å²) in [5, 5.41) is 0. The van der Waals surface area contributed by atoms with Crippen molar-refractivity contribution in [3.8, 4) is 0 Å². The standard InChI is InChI=1S/C16H21F2NO/c1-19(11-13-7-8-14(17)10-15(13)18)16(20)9-6-12-4-2-3-5-12/h7-8,10,12H,2-6,9,11H2,1H3. The monoisotopic (exact) mass is 281 g/mol. The van der Waals surface area contributed by atoms with Gasteiger partial charge in [0, 0.05) is 31.6 Å². The Hall–Kier alpha value is -1.45. The summed E-state index contributed by atoms with van der Waals surface area (Å²) in [6.07, 6.45) is 6.44. The highest BCUT2D eigenvalue weighted by atomic mass is 19.1. The molecule has 0 saturated heterocycles. The highest BCUT2D eigenvalue weighted by molar-refractivity contribution is 5.75. The number of nitrogens with zero attached hydrogens (tertiary/aromatic N) is 1. The molecule has 1 amide bonds. The smallest absolute Gasteiger partial charge is 0.222 e. The van der Waals surface area contributed by atoms with Crippen molar-refractivity contribution in [2.24, 2.45) is 5.92 Å². The topological polar surface area (TPSA) is 20.3 Å². The van der Waals surface area contributed by atoms with Gasteiger partial charge in [-0.25, -0.2) is 8.78 Å². The van der Waals surface area contributed by atoms with Crippen LogP contribution in [0.4, 0.5) is 8.78 Å². The summed E-state index contributed by atoms with van der Waals surface area (Å²) in [5.74, 6) is -0.488. The van der Waals surface area contributed by atoms with E-state index in [1.165, 1.54) is 42.7 Å². The molecular weight excluding hydrogens is 260 g/mol. The fourth-order valence-electron chi connectivity index (χ4n) is 2.81. The van der Waals surface area contributed by atoms with E-state index in [9.17, 15) is 13.6 Å². The van der Waals surface area contributed by atoms with Gasteiger partial charge in [0.2, 0.25) is 5.91 Å². The lowest BCUT2D eigenvalue weighted by Gasteiger charge is -2.18. The lowest BCUT2D eigenvalue weighted by Crippen LogP contribution is -2.26. The first-order valence-electron chi connectivity index (χ1n) is 7.24. The van der Waals surface area contributed by atoms with E-state index in [-0.39, 0.29) is 12.5 Å². The van der Waals surface area contributed by atoms with Crippen LogP contribution in [0, 0.1) is 17.6 Å². The lowest BCUT2D eigenvalue weighted by molar-refractivity contribution is -0.130. The second-order valence-corrected chi connectivity index (χ2v) is 5.67. The molecule has 0 unspecified atom stereocenters. The number of halogens is 2. The van der Waals surface area contributed by atoms with Crippen molar-refractivity contribution in [3.05, 3.63) is 35.4 Å². The second-order valence-electron chi connectivity index (χ2n) is 5.67. The van der Waals surface area contributed by atoms with Crippen LogP contribution in [0.1, 0.15) is 44.1 Å². The van der Waals surface area contributed by atoms with E-state index in [0.717, 1.165) is 12.5 Å². The Morgan fingerprint density at radius 3 is 2.65 bits per heavy atom. The van der Waals surface area contributed by atoms with Crippen LogP contribution >= 0.6 is 0 Å². The average molecular weight is 281 g/mol. The van der Waals surface area contributed by atoms with Crippen LogP contribution in [0.2, 0.25) is 0 Å². The number of carbonyl (C=O) groups excluding carboxylic acids is 1. The third kappa shape index (κ3) is 4.02. The second kappa shape index (κ2) is 6.82. The first kappa shape index (κ1) is 14.9. The maximum atomic E-state index is 13.5. The predicted octanol–water partition coefficient (Wildman–Crippen LogP) is 3.89. The van der Waals surface area contributed by atoms with Gasteiger partial charge in [-0.2, -0.15) is 0 Å². The van der Waals surface area contributed by atoms with Gasteiger partial charge in [-0.1, -0.05) is 31.7 Å². The summed E-state index contributed by atoms with van der Waals surface area (Å²) >= 11 is 0. The summed E-state index contributed by atoms with van der Waals surface area (Å²) in [7, 11) is 1.67. The van der Waals surface area contributed by atoms with Crippen molar-refractivity contribution in [2.75, 3.05) is 7.05 Å². The summed E-state index contributed by atoms with van der Waals surface area (Å²) < 4.78 is 26.3. The minimum absolute atomic E-state index is 0.0284. The average Bonchev–Trinajstić information content (AvgIpc) is 2.92. The summed E-state index contributed by atoms with van der Waals surface area (Å²) in [6, 6.07) is 3.47. The van der Waals surface area contributed by atoms with Crippen LogP contribution in [0.5, 0.6) is 0 Å². The Balaban J connectivity index is 1.83. The van der Waals surface area contributed by atoms with Crippen LogP contribution in [0.15, 0.2) is 18.2 Å². The minimum Gasteiger partial charge on any atom is -0.341 e. The van der Waals surface area contributed by atoms with Gasteiger partial charge in [0.15, 0.2) is 0 Å².